The minimum absolute atomic E-state index is 0. The number of amides is 1. The van der Waals surface area contributed by atoms with Gasteiger partial charge in [0.1, 0.15) is 6.04 Å². The summed E-state index contributed by atoms with van der Waals surface area (Å²) in [7, 11) is 0. The van der Waals surface area contributed by atoms with Crippen LogP contribution >= 0.6 is 35.8 Å². The fourth-order valence-corrected chi connectivity index (χ4v) is 4.31. The Morgan fingerprint density at radius 1 is 1.39 bits per heavy atom. The third kappa shape index (κ3) is 5.20. The van der Waals surface area contributed by atoms with E-state index in [1.165, 1.54) is 0 Å². The Bertz CT molecular complexity index is 808. The molecule has 0 radical (unpaired) electrons. The normalized spacial score (nSPS) is 21.1. The van der Waals surface area contributed by atoms with Crippen molar-refractivity contribution in [3.8, 4) is 0 Å². The number of ketones is 1. The van der Waals surface area contributed by atoms with Gasteiger partial charge in [-0.3, -0.25) is 9.59 Å². The molecule has 0 spiro atoms. The molecule has 1 fully saturated rings. The maximum atomic E-state index is 12.7. The van der Waals surface area contributed by atoms with Gasteiger partial charge in [-0.15, -0.1) is 30.7 Å². The lowest BCUT2D eigenvalue weighted by molar-refractivity contribution is -0.123. The van der Waals surface area contributed by atoms with E-state index in [1.54, 1.807) is 30.1 Å². The SMILES string of the molecule is C=CCCNC(=O)C1=CN(Cc2ccc(Cl)cc2)C2C(=O)[C@@H](N)CSC2=C1.Cl. The van der Waals surface area contributed by atoms with Crippen LogP contribution in [0.4, 0.5) is 0 Å². The van der Waals surface area contributed by atoms with E-state index in [4.69, 9.17) is 17.3 Å². The molecule has 1 aromatic rings. The van der Waals surface area contributed by atoms with E-state index in [-0.39, 0.29) is 24.1 Å². The summed E-state index contributed by atoms with van der Waals surface area (Å²) < 4.78 is 0. The fraction of sp³-hybridized carbons (Fsp3) is 0.300. The Hall–Kier alpha value is -1.73. The third-order valence-electron chi connectivity index (χ3n) is 4.44. The molecule has 0 saturated carbocycles. The molecule has 3 N–H and O–H groups in total. The number of hydrogen-bond donors (Lipinski definition) is 2. The minimum Gasteiger partial charge on any atom is -0.358 e. The van der Waals surface area contributed by atoms with Gasteiger partial charge >= 0.3 is 0 Å². The van der Waals surface area contributed by atoms with Crippen LogP contribution in [0.1, 0.15) is 12.0 Å². The number of hydrogen-bond acceptors (Lipinski definition) is 5. The summed E-state index contributed by atoms with van der Waals surface area (Å²) in [5, 5.41) is 3.53. The highest BCUT2D eigenvalue weighted by Gasteiger charge is 2.39. The van der Waals surface area contributed by atoms with Gasteiger partial charge in [0.05, 0.1) is 11.6 Å². The Morgan fingerprint density at radius 2 is 2.11 bits per heavy atom. The van der Waals surface area contributed by atoms with Gasteiger partial charge in [-0.2, -0.15) is 0 Å². The number of fused-ring (bicyclic) bond motifs is 1. The number of thioether (sulfide) groups is 1. The number of carbonyl (C=O) groups excluding carboxylic acids is 2. The third-order valence-corrected chi connectivity index (χ3v) is 5.90. The van der Waals surface area contributed by atoms with Crippen molar-refractivity contribution in [3.63, 3.8) is 0 Å². The molecule has 8 heteroatoms. The van der Waals surface area contributed by atoms with Gasteiger partial charge in [0, 0.05) is 35.0 Å². The standard InChI is InChI=1S/C20H22ClN3O2S.ClH/c1-2-3-8-23-20(26)14-9-17-18(19(25)16(22)12-27-17)24(11-14)10-13-4-6-15(21)7-5-13;/h2,4-7,9,11,16,18H,1,3,8,10,12,22H2,(H,23,26);1H/t16-,18?;/m0./s1. The summed E-state index contributed by atoms with van der Waals surface area (Å²) in [6.07, 6.45) is 6.02. The van der Waals surface area contributed by atoms with E-state index in [0.29, 0.717) is 35.9 Å². The summed E-state index contributed by atoms with van der Waals surface area (Å²) in [5.74, 6) is 0.351. The topological polar surface area (TPSA) is 75.4 Å². The second-order valence-corrected chi connectivity index (χ2v) is 8.02. The molecular formula is C20H23Cl2N3O2S. The van der Waals surface area contributed by atoms with Gasteiger partial charge in [-0.25, -0.2) is 0 Å². The molecule has 1 saturated heterocycles. The molecule has 1 unspecified atom stereocenters. The van der Waals surface area contributed by atoms with Crippen molar-refractivity contribution in [2.75, 3.05) is 12.3 Å². The summed E-state index contributed by atoms with van der Waals surface area (Å²) in [4.78, 5) is 28.0. The van der Waals surface area contributed by atoms with Gasteiger partial charge in [0.15, 0.2) is 5.78 Å². The van der Waals surface area contributed by atoms with Gasteiger partial charge in [-0.1, -0.05) is 29.8 Å². The van der Waals surface area contributed by atoms with Gasteiger partial charge in [-0.05, 0) is 30.2 Å². The van der Waals surface area contributed by atoms with Gasteiger partial charge < -0.3 is 16.0 Å². The lowest BCUT2D eigenvalue weighted by Crippen LogP contribution is -2.52. The zero-order valence-electron chi connectivity index (χ0n) is 15.3. The highest BCUT2D eigenvalue weighted by molar-refractivity contribution is 8.03. The van der Waals surface area contributed by atoms with Crippen molar-refractivity contribution >= 4 is 47.5 Å². The van der Waals surface area contributed by atoms with Crippen molar-refractivity contribution in [2.45, 2.75) is 25.0 Å². The van der Waals surface area contributed by atoms with Crippen LogP contribution in [0, 0.1) is 0 Å². The minimum atomic E-state index is -0.499. The number of nitrogens with two attached hydrogens (primary N) is 1. The van der Waals surface area contributed by atoms with Crippen LogP contribution in [-0.2, 0) is 16.1 Å². The van der Waals surface area contributed by atoms with Crippen LogP contribution in [0.5, 0.6) is 0 Å². The van der Waals surface area contributed by atoms with Crippen molar-refractivity contribution < 1.29 is 9.59 Å². The van der Waals surface area contributed by atoms with Gasteiger partial charge in [0.2, 0.25) is 0 Å². The van der Waals surface area contributed by atoms with Crippen LogP contribution in [-0.4, -0.2) is 41.0 Å². The largest absolute Gasteiger partial charge is 0.358 e. The molecule has 2 aliphatic rings. The molecule has 150 valence electrons. The summed E-state index contributed by atoms with van der Waals surface area (Å²) in [6, 6.07) is 6.51. The summed E-state index contributed by atoms with van der Waals surface area (Å²) in [5.41, 5.74) is 7.52. The van der Waals surface area contributed by atoms with Crippen molar-refractivity contribution in [1.29, 1.82) is 0 Å². The monoisotopic (exact) mass is 439 g/mol. The van der Waals surface area contributed by atoms with E-state index in [9.17, 15) is 9.59 Å². The predicted octanol–water partition coefficient (Wildman–Crippen LogP) is 3.05. The van der Waals surface area contributed by atoms with E-state index in [0.717, 1.165) is 10.5 Å². The fourth-order valence-electron chi connectivity index (χ4n) is 3.03. The summed E-state index contributed by atoms with van der Waals surface area (Å²) in [6.45, 7) is 4.67. The van der Waals surface area contributed by atoms with E-state index < -0.39 is 12.1 Å². The average molecular weight is 440 g/mol. The van der Waals surface area contributed by atoms with Crippen molar-refractivity contribution in [2.24, 2.45) is 5.73 Å². The quantitative estimate of drug-likeness (QED) is 0.526. The van der Waals surface area contributed by atoms with Crippen LogP contribution < -0.4 is 11.1 Å². The van der Waals surface area contributed by atoms with Crippen LogP contribution in [0.2, 0.25) is 5.02 Å². The second-order valence-electron chi connectivity index (χ2n) is 6.49. The zero-order chi connectivity index (χ0) is 19.4. The maximum Gasteiger partial charge on any atom is 0.252 e. The number of nitrogens with zero attached hydrogens (tertiary/aromatic N) is 1. The van der Waals surface area contributed by atoms with Crippen LogP contribution in [0.3, 0.4) is 0 Å². The van der Waals surface area contributed by atoms with E-state index in [1.807, 2.05) is 29.2 Å². The Morgan fingerprint density at radius 3 is 2.79 bits per heavy atom. The Kier molecular flexibility index (Phi) is 8.19. The molecule has 3 rings (SSSR count). The molecule has 2 aliphatic heterocycles. The van der Waals surface area contributed by atoms with Crippen molar-refractivity contribution in [3.05, 3.63) is 70.3 Å². The smallest absolute Gasteiger partial charge is 0.252 e. The first kappa shape index (κ1) is 22.6. The molecule has 1 amide bonds. The number of rotatable bonds is 6. The molecule has 0 aromatic heterocycles. The highest BCUT2D eigenvalue weighted by atomic mass is 35.5. The molecule has 2 atom stereocenters. The summed E-state index contributed by atoms with van der Waals surface area (Å²) >= 11 is 7.50. The van der Waals surface area contributed by atoms with Crippen molar-refractivity contribution in [1.82, 2.24) is 10.2 Å². The predicted molar refractivity (Wildman–Crippen MR) is 117 cm³/mol. The molecule has 1 aromatic carbocycles. The lowest BCUT2D eigenvalue weighted by atomic mass is 9.98. The highest BCUT2D eigenvalue weighted by Crippen LogP contribution is 2.35. The van der Waals surface area contributed by atoms with Crippen LogP contribution in [0.15, 0.2) is 59.7 Å². The average Bonchev–Trinajstić information content (AvgIpc) is 2.66. The lowest BCUT2D eigenvalue weighted by Gasteiger charge is -2.39. The molecule has 5 nitrogen and oxygen atoms in total. The maximum absolute atomic E-state index is 12.7. The Labute approximate surface area is 180 Å². The van der Waals surface area contributed by atoms with E-state index in [2.05, 4.69) is 11.9 Å². The Balaban J connectivity index is 0.00000280. The number of carbonyl (C=O) groups is 2. The molecular weight excluding hydrogens is 417 g/mol. The first-order chi connectivity index (χ1) is 13.0. The number of Topliss-reactive ketones (excluding diaryl/α,β-unsaturated/α-hetero) is 1. The molecule has 28 heavy (non-hydrogen) atoms. The zero-order valence-corrected chi connectivity index (χ0v) is 17.7. The second kappa shape index (κ2) is 10.2. The first-order valence-electron chi connectivity index (χ1n) is 8.74. The number of halogens is 2. The van der Waals surface area contributed by atoms with E-state index >= 15 is 0 Å². The molecule has 0 aliphatic carbocycles. The molecule has 2 heterocycles. The number of nitrogens with one attached hydrogen (secondary N) is 1. The number of benzene rings is 1. The first-order valence-corrected chi connectivity index (χ1v) is 10.1. The van der Waals surface area contributed by atoms with Gasteiger partial charge in [0.25, 0.3) is 5.91 Å². The molecule has 0 bridgehead atoms. The van der Waals surface area contributed by atoms with Crippen LogP contribution in [0.25, 0.3) is 0 Å².